The SMILES string of the molecule is C=C(/C=C\C(=C/C)c1ccc2c(c1)C1(c3ccccc3-2)c2ccc3ccccc3c2Sc2c1ccc1ccccc21)c1nc(-c2ccccc2)cc(-c2ccccc2)n1. The summed E-state index contributed by atoms with van der Waals surface area (Å²) >= 11 is 1.93. The fourth-order valence-electron chi connectivity index (χ4n) is 9.31. The van der Waals surface area contributed by atoms with Gasteiger partial charge < -0.3 is 0 Å². The topological polar surface area (TPSA) is 25.8 Å². The van der Waals surface area contributed by atoms with E-state index in [1.54, 1.807) is 0 Å². The Bertz CT molecular complexity index is 3070. The molecule has 278 valence electrons. The largest absolute Gasteiger partial charge is 0.228 e. The summed E-state index contributed by atoms with van der Waals surface area (Å²) in [6.45, 7) is 6.62. The number of fused-ring (bicyclic) bond motifs is 13. The monoisotopic (exact) mass is 770 g/mol. The lowest BCUT2D eigenvalue weighted by Gasteiger charge is -2.40. The lowest BCUT2D eigenvalue weighted by molar-refractivity contribution is 0.729. The second-order valence-electron chi connectivity index (χ2n) is 15.3. The van der Waals surface area contributed by atoms with E-state index in [-0.39, 0.29) is 0 Å². The molecule has 1 aliphatic carbocycles. The maximum Gasteiger partial charge on any atom is 0.159 e. The van der Waals surface area contributed by atoms with Crippen LogP contribution >= 0.6 is 11.8 Å². The van der Waals surface area contributed by atoms with Crippen LogP contribution in [0.15, 0.2) is 217 Å². The molecule has 8 aromatic carbocycles. The van der Waals surface area contributed by atoms with Crippen LogP contribution in [0.25, 0.3) is 66.3 Å². The summed E-state index contributed by atoms with van der Waals surface area (Å²) in [7, 11) is 0. The van der Waals surface area contributed by atoms with Crippen molar-refractivity contribution in [3.05, 3.63) is 240 Å². The Hall–Kier alpha value is -7.07. The van der Waals surface area contributed by atoms with Gasteiger partial charge in [-0.25, -0.2) is 9.97 Å². The Labute approximate surface area is 349 Å². The molecule has 0 unspecified atom stereocenters. The van der Waals surface area contributed by atoms with Crippen molar-refractivity contribution in [2.75, 3.05) is 0 Å². The van der Waals surface area contributed by atoms with Crippen molar-refractivity contribution in [1.82, 2.24) is 9.97 Å². The van der Waals surface area contributed by atoms with Gasteiger partial charge in [-0.15, -0.1) is 0 Å². The summed E-state index contributed by atoms with van der Waals surface area (Å²) in [6, 6.07) is 65.9. The van der Waals surface area contributed by atoms with Crippen LogP contribution in [0.5, 0.6) is 0 Å². The van der Waals surface area contributed by atoms with Gasteiger partial charge in [0.2, 0.25) is 0 Å². The fourth-order valence-corrected chi connectivity index (χ4v) is 10.8. The molecule has 9 aromatic rings. The highest BCUT2D eigenvalue weighted by Gasteiger charge is 2.51. The van der Waals surface area contributed by atoms with Gasteiger partial charge in [0.15, 0.2) is 5.82 Å². The van der Waals surface area contributed by atoms with Crippen LogP contribution < -0.4 is 0 Å². The Morgan fingerprint density at radius 2 is 1.05 bits per heavy atom. The van der Waals surface area contributed by atoms with Crippen molar-refractivity contribution in [2.45, 2.75) is 22.1 Å². The second kappa shape index (κ2) is 14.1. The lowest BCUT2D eigenvalue weighted by atomic mass is 9.66. The Kier molecular flexibility index (Phi) is 8.39. The van der Waals surface area contributed by atoms with Crippen LogP contribution in [-0.2, 0) is 5.41 Å². The van der Waals surface area contributed by atoms with E-state index in [1.807, 2.05) is 48.2 Å². The minimum Gasteiger partial charge on any atom is -0.228 e. The third kappa shape index (κ3) is 5.57. The van der Waals surface area contributed by atoms with Crippen LogP contribution in [0, 0.1) is 0 Å². The van der Waals surface area contributed by atoms with E-state index in [1.165, 1.54) is 64.7 Å². The molecule has 1 spiro atoms. The van der Waals surface area contributed by atoms with Crippen molar-refractivity contribution in [2.24, 2.45) is 0 Å². The van der Waals surface area contributed by atoms with Crippen LogP contribution in [0.4, 0.5) is 0 Å². The Morgan fingerprint density at radius 3 is 1.66 bits per heavy atom. The van der Waals surface area contributed by atoms with Crippen molar-refractivity contribution in [1.29, 1.82) is 0 Å². The smallest absolute Gasteiger partial charge is 0.159 e. The van der Waals surface area contributed by atoms with Crippen molar-refractivity contribution < 1.29 is 0 Å². The molecule has 0 radical (unpaired) electrons. The second-order valence-corrected chi connectivity index (χ2v) is 16.3. The summed E-state index contributed by atoms with van der Waals surface area (Å²) in [5.74, 6) is 0.604. The molecule has 0 saturated heterocycles. The Balaban J connectivity index is 1.07. The first kappa shape index (κ1) is 35.1. The van der Waals surface area contributed by atoms with Gasteiger partial charge in [-0.3, -0.25) is 0 Å². The van der Waals surface area contributed by atoms with Gasteiger partial charge in [0, 0.05) is 26.5 Å². The molecule has 1 aliphatic heterocycles. The van der Waals surface area contributed by atoms with E-state index in [2.05, 4.69) is 177 Å². The zero-order chi connectivity index (χ0) is 39.5. The molecule has 0 fully saturated rings. The lowest BCUT2D eigenvalue weighted by Crippen LogP contribution is -2.32. The number of aromatic nitrogens is 2. The average Bonchev–Trinajstić information content (AvgIpc) is 3.59. The van der Waals surface area contributed by atoms with E-state index in [4.69, 9.17) is 9.97 Å². The molecule has 3 heteroatoms. The normalized spacial score (nSPS) is 13.7. The van der Waals surface area contributed by atoms with Gasteiger partial charge in [-0.1, -0.05) is 206 Å². The first-order valence-electron chi connectivity index (χ1n) is 20.1. The standard InChI is InChI=1S/C56H38N2S/c1-3-37(27-26-36(2)55-57-51(40-18-6-4-7-19-40)35-52(58-55)41-20-8-5-9-21-41)42-28-31-46-45-24-14-15-25-47(45)56(50(46)34-42)48-32-29-38-16-10-12-22-43(38)53(48)59-54-44-23-13-11-17-39(44)30-33-49(54)56/h3-35H,2H2,1H3/b27-26-,37-3+. The minimum atomic E-state index is -0.516. The zero-order valence-corrected chi connectivity index (χ0v) is 33.4. The predicted molar refractivity (Wildman–Crippen MR) is 248 cm³/mol. The molecule has 0 bridgehead atoms. The maximum absolute atomic E-state index is 5.04. The minimum absolute atomic E-state index is 0.516. The molecule has 2 aliphatic rings. The summed E-state index contributed by atoms with van der Waals surface area (Å²) in [5.41, 5.74) is 14.2. The molecular weight excluding hydrogens is 733 g/mol. The van der Waals surface area contributed by atoms with E-state index in [0.717, 1.165) is 39.2 Å². The molecule has 1 aromatic heterocycles. The molecule has 2 heterocycles. The van der Waals surface area contributed by atoms with Crippen molar-refractivity contribution in [3.8, 4) is 33.6 Å². The number of benzene rings is 8. The summed E-state index contributed by atoms with van der Waals surface area (Å²) in [5, 5.41) is 5.10. The third-order valence-corrected chi connectivity index (χ3v) is 13.4. The molecule has 59 heavy (non-hydrogen) atoms. The summed E-state index contributed by atoms with van der Waals surface area (Å²) in [4.78, 5) is 12.7. The number of nitrogens with zero attached hydrogens (tertiary/aromatic N) is 2. The predicted octanol–water partition coefficient (Wildman–Crippen LogP) is 14.6. The van der Waals surface area contributed by atoms with E-state index in [0.29, 0.717) is 5.82 Å². The quantitative estimate of drug-likeness (QED) is 0.158. The number of rotatable bonds is 6. The highest BCUT2D eigenvalue weighted by atomic mass is 32.2. The molecule has 0 amide bonds. The van der Waals surface area contributed by atoms with E-state index >= 15 is 0 Å². The molecule has 2 nitrogen and oxygen atoms in total. The van der Waals surface area contributed by atoms with Crippen LogP contribution in [-0.4, -0.2) is 9.97 Å². The van der Waals surface area contributed by atoms with Gasteiger partial charge in [-0.05, 0) is 85.1 Å². The highest BCUT2D eigenvalue weighted by molar-refractivity contribution is 8.00. The Morgan fingerprint density at radius 1 is 0.508 bits per heavy atom. The number of hydrogen-bond donors (Lipinski definition) is 0. The van der Waals surface area contributed by atoms with E-state index in [9.17, 15) is 0 Å². The fraction of sp³-hybridized carbons (Fsp3) is 0.0357. The first-order chi connectivity index (χ1) is 29.1. The van der Waals surface area contributed by atoms with Gasteiger partial charge in [0.05, 0.1) is 16.8 Å². The van der Waals surface area contributed by atoms with Crippen molar-refractivity contribution >= 4 is 44.5 Å². The van der Waals surface area contributed by atoms with Gasteiger partial charge in [0.25, 0.3) is 0 Å². The van der Waals surface area contributed by atoms with Gasteiger partial charge in [0.1, 0.15) is 0 Å². The zero-order valence-electron chi connectivity index (χ0n) is 32.6. The van der Waals surface area contributed by atoms with Gasteiger partial charge in [-0.2, -0.15) is 0 Å². The maximum atomic E-state index is 5.04. The van der Waals surface area contributed by atoms with Crippen LogP contribution in [0.1, 0.15) is 40.6 Å². The van der Waals surface area contributed by atoms with Crippen LogP contribution in [0.2, 0.25) is 0 Å². The van der Waals surface area contributed by atoms with Crippen LogP contribution in [0.3, 0.4) is 0 Å². The first-order valence-corrected chi connectivity index (χ1v) is 20.9. The molecule has 0 saturated carbocycles. The van der Waals surface area contributed by atoms with Gasteiger partial charge >= 0.3 is 0 Å². The van der Waals surface area contributed by atoms with E-state index < -0.39 is 5.41 Å². The molecular formula is C56H38N2S. The van der Waals surface area contributed by atoms with Crippen molar-refractivity contribution in [3.63, 3.8) is 0 Å². The third-order valence-electron chi connectivity index (χ3n) is 12.1. The summed E-state index contributed by atoms with van der Waals surface area (Å²) in [6.07, 6.45) is 6.42. The number of allylic oxidation sites excluding steroid dienone is 5. The highest BCUT2D eigenvalue weighted by Crippen LogP contribution is 2.64. The molecule has 0 N–H and O–H groups in total. The molecule has 0 atom stereocenters. The molecule has 11 rings (SSSR count). The summed E-state index contributed by atoms with van der Waals surface area (Å²) < 4.78 is 0. The number of hydrogen-bond acceptors (Lipinski definition) is 3. The average molecular weight is 771 g/mol.